The van der Waals surface area contributed by atoms with Crippen LogP contribution in [0.1, 0.15) is 40.8 Å². The second-order valence-electron chi connectivity index (χ2n) is 8.84. The van der Waals surface area contributed by atoms with Crippen LogP contribution in [-0.4, -0.2) is 33.3 Å². The first kappa shape index (κ1) is 22.4. The van der Waals surface area contributed by atoms with E-state index in [2.05, 4.69) is 15.0 Å². The molecule has 2 aliphatic rings. The summed E-state index contributed by atoms with van der Waals surface area (Å²) < 4.78 is 34.5. The molecule has 1 saturated heterocycles. The monoisotopic (exact) mass is 465 g/mol. The van der Waals surface area contributed by atoms with Gasteiger partial charge in [0.05, 0.1) is 17.9 Å². The van der Waals surface area contributed by atoms with Gasteiger partial charge in [-0.25, -0.2) is 8.78 Å². The molecule has 1 radical (unpaired) electrons. The Morgan fingerprint density at radius 2 is 1.94 bits per heavy atom. The Balaban J connectivity index is 1.25. The second-order valence-corrected chi connectivity index (χ2v) is 8.84. The maximum absolute atomic E-state index is 13.6. The molecular weight excluding hydrogens is 442 g/mol. The van der Waals surface area contributed by atoms with Gasteiger partial charge in [-0.05, 0) is 53.4 Å². The standard InChI is InChI=1S/C25H23F2N4O3/c1-30-14-18-15-34-25(19(18)11-23(30)32)6-8-31(9-7-25)13-16-2-5-22(28-12-16)24(29-33)17-3-4-20(26)21(27)10-17/h2-5,10-12,14H,6-9,13,15H2,1H3/b29-24+. The van der Waals surface area contributed by atoms with Crippen LogP contribution in [-0.2, 0) is 35.7 Å². The minimum absolute atomic E-state index is 0.0263. The van der Waals surface area contributed by atoms with Crippen molar-refractivity contribution in [2.24, 2.45) is 12.2 Å². The number of aromatic nitrogens is 2. The predicted molar refractivity (Wildman–Crippen MR) is 120 cm³/mol. The number of hydrogen-bond donors (Lipinski definition) is 0. The normalized spacial score (nSPS) is 17.8. The first-order valence-corrected chi connectivity index (χ1v) is 11.1. The molecule has 0 saturated carbocycles. The molecule has 1 aromatic carbocycles. The Kier molecular flexibility index (Phi) is 5.75. The number of aryl methyl sites for hydroxylation is 1. The van der Waals surface area contributed by atoms with Gasteiger partial charge in [0.15, 0.2) is 11.6 Å². The molecule has 0 N–H and O–H groups in total. The molecule has 3 aromatic rings. The van der Waals surface area contributed by atoms with Crippen molar-refractivity contribution in [3.8, 4) is 0 Å². The zero-order valence-electron chi connectivity index (χ0n) is 18.6. The third-order valence-corrected chi connectivity index (χ3v) is 6.73. The summed E-state index contributed by atoms with van der Waals surface area (Å²) in [4.78, 5) is 18.8. The van der Waals surface area contributed by atoms with Gasteiger partial charge < -0.3 is 9.30 Å². The van der Waals surface area contributed by atoms with Crippen LogP contribution in [0.5, 0.6) is 0 Å². The van der Waals surface area contributed by atoms with E-state index in [0.717, 1.165) is 54.8 Å². The van der Waals surface area contributed by atoms with Crippen LogP contribution >= 0.6 is 0 Å². The molecule has 1 spiro atoms. The average Bonchev–Trinajstić information content (AvgIpc) is 3.16. The number of rotatable bonds is 4. The molecule has 4 heterocycles. The van der Waals surface area contributed by atoms with Crippen LogP contribution in [0.3, 0.4) is 0 Å². The summed E-state index contributed by atoms with van der Waals surface area (Å²) in [6, 6.07) is 8.41. The van der Waals surface area contributed by atoms with Crippen molar-refractivity contribution in [3.63, 3.8) is 0 Å². The van der Waals surface area contributed by atoms with Gasteiger partial charge in [-0.3, -0.25) is 14.7 Å². The third-order valence-electron chi connectivity index (χ3n) is 6.73. The van der Waals surface area contributed by atoms with E-state index < -0.39 is 17.2 Å². The summed E-state index contributed by atoms with van der Waals surface area (Å²) >= 11 is 0. The Labute approximate surface area is 194 Å². The highest BCUT2D eigenvalue weighted by molar-refractivity contribution is 6.11. The van der Waals surface area contributed by atoms with Crippen molar-refractivity contribution in [3.05, 3.63) is 98.7 Å². The van der Waals surface area contributed by atoms with Crippen molar-refractivity contribution in [1.29, 1.82) is 0 Å². The predicted octanol–water partition coefficient (Wildman–Crippen LogP) is 3.26. The molecule has 2 aromatic heterocycles. The summed E-state index contributed by atoms with van der Waals surface area (Å²) in [7, 11) is 1.75. The Morgan fingerprint density at radius 3 is 2.62 bits per heavy atom. The van der Waals surface area contributed by atoms with Gasteiger partial charge in [-0.15, -0.1) is 5.21 Å². The molecule has 9 heteroatoms. The number of likely N-dealkylation sites (tertiary alicyclic amines) is 1. The van der Waals surface area contributed by atoms with E-state index in [0.29, 0.717) is 18.8 Å². The lowest BCUT2D eigenvalue weighted by Gasteiger charge is -2.39. The molecule has 34 heavy (non-hydrogen) atoms. The maximum Gasteiger partial charge on any atom is 0.250 e. The third kappa shape index (κ3) is 4.01. The topological polar surface area (TPSA) is 79.6 Å². The number of fused-ring (bicyclic) bond motifs is 2. The average molecular weight is 465 g/mol. The number of piperidine rings is 1. The summed E-state index contributed by atoms with van der Waals surface area (Å²) in [6.45, 7) is 2.80. The fourth-order valence-electron chi connectivity index (χ4n) is 4.81. The zero-order valence-corrected chi connectivity index (χ0v) is 18.6. The van der Waals surface area contributed by atoms with Gasteiger partial charge in [0, 0.05) is 56.3 Å². The minimum atomic E-state index is -1.05. The van der Waals surface area contributed by atoms with E-state index in [-0.39, 0.29) is 16.8 Å². The molecule has 5 rings (SSSR count). The number of ether oxygens (including phenoxy) is 1. The van der Waals surface area contributed by atoms with Crippen molar-refractivity contribution >= 4 is 5.71 Å². The Hall–Kier alpha value is -3.43. The van der Waals surface area contributed by atoms with Crippen LogP contribution < -0.4 is 5.56 Å². The van der Waals surface area contributed by atoms with E-state index >= 15 is 0 Å². The number of halogens is 2. The molecule has 0 amide bonds. The number of nitrogens with zero attached hydrogens (tertiary/aromatic N) is 4. The molecule has 0 unspecified atom stereocenters. The van der Waals surface area contributed by atoms with E-state index in [9.17, 15) is 18.8 Å². The fraction of sp³-hybridized carbons (Fsp3) is 0.320. The van der Waals surface area contributed by atoms with Crippen LogP contribution in [0.25, 0.3) is 0 Å². The quantitative estimate of drug-likeness (QED) is 0.438. The lowest BCUT2D eigenvalue weighted by molar-refractivity contribution is -0.0799. The molecule has 2 aliphatic heterocycles. The van der Waals surface area contributed by atoms with Crippen LogP contribution in [0.15, 0.2) is 58.7 Å². The first-order valence-electron chi connectivity index (χ1n) is 11.1. The molecule has 0 atom stereocenters. The maximum atomic E-state index is 13.6. The summed E-state index contributed by atoms with van der Waals surface area (Å²) in [5, 5.41) is 14.4. The van der Waals surface area contributed by atoms with Gasteiger partial charge in [0.2, 0.25) is 0 Å². The molecular formula is C25H23F2N4O3. The molecule has 7 nitrogen and oxygen atoms in total. The van der Waals surface area contributed by atoms with E-state index in [1.807, 2.05) is 12.3 Å². The smallest absolute Gasteiger partial charge is 0.250 e. The van der Waals surface area contributed by atoms with Crippen molar-refractivity contribution in [2.45, 2.75) is 31.6 Å². The van der Waals surface area contributed by atoms with E-state index in [4.69, 9.17) is 4.74 Å². The van der Waals surface area contributed by atoms with Gasteiger partial charge in [-0.2, -0.15) is 0 Å². The first-order chi connectivity index (χ1) is 16.4. The largest absolute Gasteiger partial charge is 0.365 e. The lowest BCUT2D eigenvalue weighted by atomic mass is 9.84. The van der Waals surface area contributed by atoms with Crippen molar-refractivity contribution in [1.82, 2.24) is 14.5 Å². The number of hydrogen-bond acceptors (Lipinski definition) is 5. The molecule has 1 fully saturated rings. The number of benzene rings is 1. The summed E-state index contributed by atoms with van der Waals surface area (Å²) in [5.74, 6) is -2.04. The Bertz CT molecular complexity index is 1310. The van der Waals surface area contributed by atoms with Crippen molar-refractivity contribution < 1.29 is 18.7 Å². The summed E-state index contributed by atoms with van der Waals surface area (Å²) in [6.07, 6.45) is 5.12. The minimum Gasteiger partial charge on any atom is -0.365 e. The zero-order chi connectivity index (χ0) is 23.9. The van der Waals surface area contributed by atoms with Crippen molar-refractivity contribution in [2.75, 3.05) is 13.1 Å². The molecule has 0 bridgehead atoms. The summed E-state index contributed by atoms with van der Waals surface area (Å²) in [5.41, 5.74) is 3.04. The number of pyridine rings is 2. The van der Waals surface area contributed by atoms with E-state index in [1.165, 1.54) is 6.07 Å². The highest BCUT2D eigenvalue weighted by Gasteiger charge is 2.43. The Morgan fingerprint density at radius 1 is 1.15 bits per heavy atom. The van der Waals surface area contributed by atoms with Crippen LogP contribution in [0, 0.1) is 11.6 Å². The van der Waals surface area contributed by atoms with Gasteiger partial charge in [-0.1, -0.05) is 6.07 Å². The van der Waals surface area contributed by atoms with E-state index in [1.54, 1.807) is 29.9 Å². The highest BCUT2D eigenvalue weighted by atomic mass is 19.2. The molecule has 175 valence electrons. The van der Waals surface area contributed by atoms with Gasteiger partial charge in [0.25, 0.3) is 5.56 Å². The molecule has 0 aliphatic carbocycles. The lowest BCUT2D eigenvalue weighted by Crippen LogP contribution is -2.42. The van der Waals surface area contributed by atoms with Crippen LogP contribution in [0.4, 0.5) is 8.78 Å². The van der Waals surface area contributed by atoms with Gasteiger partial charge >= 0.3 is 0 Å². The van der Waals surface area contributed by atoms with Crippen LogP contribution in [0.2, 0.25) is 0 Å². The fourth-order valence-corrected chi connectivity index (χ4v) is 4.81. The SMILES string of the molecule is Cn1cc2c(cc1=O)C1(CCN(Cc3ccc(/C(=N/[O])c4ccc(F)c(F)c4)nc3)CC1)OC2. The van der Waals surface area contributed by atoms with Gasteiger partial charge in [0.1, 0.15) is 5.71 Å². The highest BCUT2D eigenvalue weighted by Crippen LogP contribution is 2.43. The second kappa shape index (κ2) is 8.73.